The third-order valence-corrected chi connectivity index (χ3v) is 2.53. The highest BCUT2D eigenvalue weighted by atomic mass is 16.6. The zero-order valence-corrected chi connectivity index (χ0v) is 11.9. The predicted molar refractivity (Wildman–Crippen MR) is 74.2 cm³/mol. The van der Waals surface area contributed by atoms with Crippen LogP contribution in [0.5, 0.6) is 0 Å². The molecule has 116 valence electrons. The summed E-state index contributed by atoms with van der Waals surface area (Å²) < 4.78 is 9.65. The van der Waals surface area contributed by atoms with Crippen LogP contribution in [0.2, 0.25) is 0 Å². The number of aromatic nitrogens is 3. The van der Waals surface area contributed by atoms with Gasteiger partial charge < -0.3 is 9.26 Å². The summed E-state index contributed by atoms with van der Waals surface area (Å²) in [5, 5.41) is 3.82. The van der Waals surface area contributed by atoms with Crippen molar-refractivity contribution in [1.82, 2.24) is 26.0 Å². The average Bonchev–Trinajstić information content (AvgIpc) is 3.01. The molecule has 0 aliphatic heterocycles. The van der Waals surface area contributed by atoms with E-state index in [1.165, 1.54) is 0 Å². The average molecular weight is 305 g/mol. The van der Waals surface area contributed by atoms with Crippen molar-refractivity contribution in [1.29, 1.82) is 0 Å². The van der Waals surface area contributed by atoms with Crippen molar-refractivity contribution in [3.8, 4) is 11.4 Å². The number of hydrogen-bond acceptors (Lipinski definition) is 7. The van der Waals surface area contributed by atoms with Gasteiger partial charge in [-0.1, -0.05) is 5.16 Å². The summed E-state index contributed by atoms with van der Waals surface area (Å²) in [6.45, 7) is 1.89. The van der Waals surface area contributed by atoms with E-state index in [1.54, 1.807) is 31.5 Å². The standard InChI is InChI=1S/C13H15N5O4/c1-2-21-13(20)17-16-10(19)5-6-11-15-12(18-22-11)9-4-3-7-14-8-9/h3-4,7-8H,2,5-6H2,1H3,(H,16,19)(H,17,20). The van der Waals surface area contributed by atoms with Gasteiger partial charge in [-0.15, -0.1) is 0 Å². The van der Waals surface area contributed by atoms with Crippen LogP contribution in [0.1, 0.15) is 19.2 Å². The van der Waals surface area contributed by atoms with Crippen LogP contribution in [0.25, 0.3) is 11.4 Å². The highest BCUT2D eigenvalue weighted by Crippen LogP contribution is 2.14. The molecule has 0 aliphatic rings. The fraction of sp³-hybridized carbons (Fsp3) is 0.308. The summed E-state index contributed by atoms with van der Waals surface area (Å²) >= 11 is 0. The first-order chi connectivity index (χ1) is 10.7. The van der Waals surface area contributed by atoms with Crippen molar-refractivity contribution in [3.63, 3.8) is 0 Å². The van der Waals surface area contributed by atoms with E-state index in [9.17, 15) is 9.59 Å². The molecule has 2 heterocycles. The van der Waals surface area contributed by atoms with Crippen LogP contribution in [-0.2, 0) is 16.0 Å². The van der Waals surface area contributed by atoms with Crippen LogP contribution in [0.15, 0.2) is 29.0 Å². The molecule has 2 aromatic heterocycles. The summed E-state index contributed by atoms with van der Waals surface area (Å²) in [7, 11) is 0. The molecule has 0 aliphatic carbocycles. The minimum atomic E-state index is -0.715. The lowest BCUT2D eigenvalue weighted by Gasteiger charge is -2.05. The van der Waals surface area contributed by atoms with E-state index in [2.05, 4.69) is 30.7 Å². The van der Waals surface area contributed by atoms with Gasteiger partial charge in [0.25, 0.3) is 0 Å². The van der Waals surface area contributed by atoms with Gasteiger partial charge in [-0.25, -0.2) is 10.2 Å². The molecule has 9 nitrogen and oxygen atoms in total. The van der Waals surface area contributed by atoms with Crippen LogP contribution in [0.4, 0.5) is 4.79 Å². The van der Waals surface area contributed by atoms with Crippen molar-refractivity contribution in [2.45, 2.75) is 19.8 Å². The van der Waals surface area contributed by atoms with E-state index in [-0.39, 0.29) is 19.4 Å². The number of ether oxygens (including phenoxy) is 1. The van der Waals surface area contributed by atoms with Gasteiger partial charge in [0.1, 0.15) is 0 Å². The molecule has 0 saturated heterocycles. The summed E-state index contributed by atoms with van der Waals surface area (Å²) in [5.74, 6) is 0.340. The Hall–Kier alpha value is -2.97. The first-order valence-corrected chi connectivity index (χ1v) is 6.63. The first-order valence-electron chi connectivity index (χ1n) is 6.63. The predicted octanol–water partition coefficient (Wildman–Crippen LogP) is 0.841. The second-order valence-corrected chi connectivity index (χ2v) is 4.15. The number of hydrogen-bond donors (Lipinski definition) is 2. The van der Waals surface area contributed by atoms with Crippen LogP contribution in [0.3, 0.4) is 0 Å². The molecular formula is C13H15N5O4. The van der Waals surface area contributed by atoms with Crippen molar-refractivity contribution in [2.75, 3.05) is 6.61 Å². The van der Waals surface area contributed by atoms with E-state index < -0.39 is 12.0 Å². The summed E-state index contributed by atoms with van der Waals surface area (Å²) in [5.41, 5.74) is 5.06. The molecule has 2 N–H and O–H groups in total. The molecule has 2 rings (SSSR count). The number of amides is 2. The van der Waals surface area contributed by atoms with Crippen LogP contribution in [-0.4, -0.2) is 33.7 Å². The Morgan fingerprint density at radius 3 is 2.95 bits per heavy atom. The number of pyridine rings is 1. The fourth-order valence-electron chi connectivity index (χ4n) is 1.54. The lowest BCUT2D eigenvalue weighted by atomic mass is 10.2. The monoisotopic (exact) mass is 305 g/mol. The topological polar surface area (TPSA) is 119 Å². The minimum Gasteiger partial charge on any atom is -0.449 e. The number of hydrazine groups is 1. The Balaban J connectivity index is 1.79. The normalized spacial score (nSPS) is 10.0. The lowest BCUT2D eigenvalue weighted by molar-refractivity contribution is -0.122. The van der Waals surface area contributed by atoms with E-state index in [4.69, 9.17) is 4.52 Å². The first kappa shape index (κ1) is 15.4. The molecule has 2 aromatic rings. The molecule has 0 unspecified atom stereocenters. The SMILES string of the molecule is CCOC(=O)NNC(=O)CCc1nc(-c2cccnc2)no1. The largest absolute Gasteiger partial charge is 0.449 e. The third kappa shape index (κ3) is 4.54. The van der Waals surface area contributed by atoms with Gasteiger partial charge in [0.05, 0.1) is 6.61 Å². The quantitative estimate of drug-likeness (QED) is 0.785. The van der Waals surface area contributed by atoms with Gasteiger partial charge in [0.2, 0.25) is 17.6 Å². The van der Waals surface area contributed by atoms with E-state index >= 15 is 0 Å². The summed E-state index contributed by atoms with van der Waals surface area (Å²) in [6.07, 6.45) is 2.88. The maximum absolute atomic E-state index is 11.5. The van der Waals surface area contributed by atoms with Gasteiger partial charge in [0.15, 0.2) is 0 Å². The number of aryl methyl sites for hydroxylation is 1. The van der Waals surface area contributed by atoms with Crippen LogP contribution >= 0.6 is 0 Å². The van der Waals surface area contributed by atoms with Gasteiger partial charge >= 0.3 is 6.09 Å². The molecular weight excluding hydrogens is 290 g/mol. The maximum Gasteiger partial charge on any atom is 0.426 e. The molecule has 0 radical (unpaired) electrons. The Labute approximate surface area is 126 Å². The number of carbonyl (C=O) groups excluding carboxylic acids is 2. The maximum atomic E-state index is 11.5. The molecule has 0 fully saturated rings. The Kier molecular flexibility index (Phi) is 5.41. The zero-order chi connectivity index (χ0) is 15.8. The molecule has 2 amide bonds. The van der Waals surface area contributed by atoms with E-state index in [0.29, 0.717) is 11.7 Å². The van der Waals surface area contributed by atoms with E-state index in [1.807, 2.05) is 0 Å². The molecule has 0 bridgehead atoms. The van der Waals surface area contributed by atoms with Crippen LogP contribution in [0, 0.1) is 0 Å². The highest BCUT2D eigenvalue weighted by Gasteiger charge is 2.11. The van der Waals surface area contributed by atoms with Gasteiger partial charge in [-0.05, 0) is 19.1 Å². The van der Waals surface area contributed by atoms with Crippen molar-refractivity contribution in [2.24, 2.45) is 0 Å². The van der Waals surface area contributed by atoms with Gasteiger partial charge in [-0.2, -0.15) is 4.98 Å². The second kappa shape index (κ2) is 7.72. The highest BCUT2D eigenvalue weighted by molar-refractivity contribution is 5.79. The number of rotatable bonds is 5. The zero-order valence-electron chi connectivity index (χ0n) is 11.9. The molecule has 22 heavy (non-hydrogen) atoms. The third-order valence-electron chi connectivity index (χ3n) is 2.53. The Morgan fingerprint density at radius 2 is 2.23 bits per heavy atom. The lowest BCUT2D eigenvalue weighted by Crippen LogP contribution is -2.42. The van der Waals surface area contributed by atoms with Crippen LogP contribution < -0.4 is 10.9 Å². The van der Waals surface area contributed by atoms with Crippen molar-refractivity contribution >= 4 is 12.0 Å². The molecule has 0 spiro atoms. The molecule has 9 heteroatoms. The summed E-state index contributed by atoms with van der Waals surface area (Å²) in [4.78, 5) is 30.6. The summed E-state index contributed by atoms with van der Waals surface area (Å²) in [6, 6.07) is 3.57. The second-order valence-electron chi connectivity index (χ2n) is 4.15. The Bertz CT molecular complexity index is 628. The van der Waals surface area contributed by atoms with Crippen molar-refractivity contribution in [3.05, 3.63) is 30.4 Å². The van der Waals surface area contributed by atoms with Crippen molar-refractivity contribution < 1.29 is 18.8 Å². The smallest absolute Gasteiger partial charge is 0.426 e. The van der Waals surface area contributed by atoms with Gasteiger partial charge in [-0.3, -0.25) is 15.2 Å². The minimum absolute atomic E-state index is 0.0844. The Morgan fingerprint density at radius 1 is 1.36 bits per heavy atom. The molecule has 0 saturated carbocycles. The molecule has 0 atom stereocenters. The number of carbonyl (C=O) groups is 2. The number of nitrogens with zero attached hydrogens (tertiary/aromatic N) is 3. The van der Waals surface area contributed by atoms with E-state index in [0.717, 1.165) is 5.56 Å². The van der Waals surface area contributed by atoms with Gasteiger partial charge in [0, 0.05) is 30.8 Å². The fourth-order valence-corrected chi connectivity index (χ4v) is 1.54. The number of nitrogens with one attached hydrogen (secondary N) is 2. The molecule has 0 aromatic carbocycles.